The molecule has 3 nitrogen and oxygen atoms in total. The average Bonchev–Trinajstić information content (AvgIpc) is 2.13. The lowest BCUT2D eigenvalue weighted by Crippen LogP contribution is -2.14. The maximum atomic E-state index is 10.5. The fourth-order valence-corrected chi connectivity index (χ4v) is 1.11. The summed E-state index contributed by atoms with van der Waals surface area (Å²) in [7, 11) is 0. The van der Waals surface area contributed by atoms with Gasteiger partial charge < -0.3 is 9.84 Å². The lowest BCUT2D eigenvalue weighted by molar-refractivity contribution is -0.139. The summed E-state index contributed by atoms with van der Waals surface area (Å²) < 4.78 is 4.79. The second kappa shape index (κ2) is 7.46. The van der Waals surface area contributed by atoms with Crippen LogP contribution in [0, 0.1) is 5.92 Å². The molecule has 0 aromatic heterocycles. The van der Waals surface area contributed by atoms with E-state index in [2.05, 4.69) is 0 Å². The molecule has 88 valence electrons. The van der Waals surface area contributed by atoms with Gasteiger partial charge in [-0.1, -0.05) is 19.4 Å². The van der Waals surface area contributed by atoms with E-state index in [0.29, 0.717) is 12.5 Å². The van der Waals surface area contributed by atoms with Crippen molar-refractivity contribution in [3.8, 4) is 0 Å². The van der Waals surface area contributed by atoms with Gasteiger partial charge in [0, 0.05) is 6.92 Å². The van der Waals surface area contributed by atoms with E-state index in [0.717, 1.165) is 18.4 Å². The lowest BCUT2D eigenvalue weighted by Gasteiger charge is -2.14. The van der Waals surface area contributed by atoms with E-state index in [1.165, 1.54) is 6.92 Å². The summed E-state index contributed by atoms with van der Waals surface area (Å²) in [5, 5.41) is 9.58. The van der Waals surface area contributed by atoms with Crippen LogP contribution >= 0.6 is 0 Å². The van der Waals surface area contributed by atoms with E-state index >= 15 is 0 Å². The molecule has 0 saturated heterocycles. The summed E-state index contributed by atoms with van der Waals surface area (Å²) in [5.41, 5.74) is 1.15. The minimum atomic E-state index is -0.263. The van der Waals surface area contributed by atoms with Gasteiger partial charge in [0.15, 0.2) is 0 Å². The molecule has 1 atom stereocenters. The van der Waals surface area contributed by atoms with Crippen LogP contribution in [0.3, 0.4) is 0 Å². The molecule has 0 spiro atoms. The molecule has 0 aliphatic rings. The molecule has 0 fully saturated rings. The van der Waals surface area contributed by atoms with E-state index in [1.807, 2.05) is 26.8 Å². The Kier molecular flexibility index (Phi) is 7.05. The number of aliphatic hydroxyl groups is 1. The molecule has 0 rings (SSSR count). The minimum absolute atomic E-state index is 0.248. The Labute approximate surface area is 92.1 Å². The summed E-state index contributed by atoms with van der Waals surface area (Å²) in [5.74, 6) is 0.0348. The Bertz CT molecular complexity index is 219. The van der Waals surface area contributed by atoms with E-state index in [9.17, 15) is 9.90 Å². The molecule has 3 heteroatoms. The second-order valence-electron chi connectivity index (χ2n) is 4.20. The second-order valence-corrected chi connectivity index (χ2v) is 4.20. The molecule has 0 aliphatic carbocycles. The molecule has 0 aromatic rings. The maximum Gasteiger partial charge on any atom is 0.302 e. The summed E-state index contributed by atoms with van der Waals surface area (Å²) in [6.07, 6.45) is 3.25. The predicted octanol–water partition coefficient (Wildman–Crippen LogP) is 2.29. The Morgan fingerprint density at radius 1 is 1.40 bits per heavy atom. The van der Waals surface area contributed by atoms with Crippen molar-refractivity contribution in [3.05, 3.63) is 11.6 Å². The molecule has 0 saturated carbocycles. The highest BCUT2D eigenvalue weighted by molar-refractivity contribution is 5.66. The largest absolute Gasteiger partial charge is 0.462 e. The van der Waals surface area contributed by atoms with Gasteiger partial charge in [-0.3, -0.25) is 4.79 Å². The maximum absolute atomic E-state index is 10.5. The Morgan fingerprint density at radius 2 is 2.00 bits per heavy atom. The topological polar surface area (TPSA) is 46.5 Å². The summed E-state index contributed by atoms with van der Waals surface area (Å²) in [4.78, 5) is 10.5. The number of hydrogen-bond donors (Lipinski definition) is 1. The van der Waals surface area contributed by atoms with Crippen molar-refractivity contribution in [2.45, 2.75) is 46.6 Å². The van der Waals surface area contributed by atoms with Crippen LogP contribution in [0.5, 0.6) is 0 Å². The van der Waals surface area contributed by atoms with Crippen LogP contribution in [0.1, 0.15) is 40.5 Å². The van der Waals surface area contributed by atoms with Gasteiger partial charge in [-0.15, -0.1) is 0 Å². The first-order chi connectivity index (χ1) is 6.93. The number of ether oxygens (including phenoxy) is 1. The van der Waals surface area contributed by atoms with Crippen molar-refractivity contribution in [2.24, 2.45) is 5.92 Å². The molecule has 0 aromatic carbocycles. The SMILES string of the molecule is CC(=O)OC/C=C(/C)CC[C@@H](O)C(C)C. The zero-order valence-corrected chi connectivity index (χ0v) is 10.1. The monoisotopic (exact) mass is 214 g/mol. The number of hydrogen-bond acceptors (Lipinski definition) is 3. The molecule has 0 aliphatic heterocycles. The molecule has 1 N–H and O–H groups in total. The van der Waals surface area contributed by atoms with E-state index in [4.69, 9.17) is 4.74 Å². The fourth-order valence-electron chi connectivity index (χ4n) is 1.11. The normalized spacial score (nSPS) is 14.1. The van der Waals surface area contributed by atoms with E-state index < -0.39 is 0 Å². The molecule has 0 radical (unpaired) electrons. The van der Waals surface area contributed by atoms with Crippen LogP contribution in [0.15, 0.2) is 11.6 Å². The lowest BCUT2D eigenvalue weighted by atomic mass is 10.00. The highest BCUT2D eigenvalue weighted by atomic mass is 16.5. The third kappa shape index (κ3) is 8.18. The van der Waals surface area contributed by atoms with Gasteiger partial charge in [0.2, 0.25) is 0 Å². The number of carbonyl (C=O) groups is 1. The third-order valence-electron chi connectivity index (χ3n) is 2.32. The molecular formula is C12H22O3. The van der Waals surface area contributed by atoms with Crippen LogP contribution in [-0.4, -0.2) is 23.8 Å². The van der Waals surface area contributed by atoms with Gasteiger partial charge in [0.05, 0.1) is 6.10 Å². The van der Waals surface area contributed by atoms with Crippen LogP contribution in [0.2, 0.25) is 0 Å². The van der Waals surface area contributed by atoms with E-state index in [-0.39, 0.29) is 12.1 Å². The number of esters is 1. The van der Waals surface area contributed by atoms with Crippen molar-refractivity contribution >= 4 is 5.97 Å². The Morgan fingerprint density at radius 3 is 2.47 bits per heavy atom. The van der Waals surface area contributed by atoms with Crippen molar-refractivity contribution in [2.75, 3.05) is 6.61 Å². The fraction of sp³-hybridized carbons (Fsp3) is 0.750. The van der Waals surface area contributed by atoms with Crippen LogP contribution in [0.4, 0.5) is 0 Å². The first kappa shape index (κ1) is 14.2. The molecule has 0 amide bonds. The molecule has 15 heavy (non-hydrogen) atoms. The predicted molar refractivity (Wildman–Crippen MR) is 60.5 cm³/mol. The molecule has 0 unspecified atom stereocenters. The van der Waals surface area contributed by atoms with Crippen molar-refractivity contribution in [1.82, 2.24) is 0 Å². The van der Waals surface area contributed by atoms with Crippen molar-refractivity contribution < 1.29 is 14.6 Å². The van der Waals surface area contributed by atoms with Gasteiger partial charge >= 0.3 is 5.97 Å². The summed E-state index contributed by atoms with van der Waals surface area (Å²) in [6, 6.07) is 0. The van der Waals surface area contributed by atoms with E-state index in [1.54, 1.807) is 0 Å². The summed E-state index contributed by atoms with van der Waals surface area (Å²) in [6.45, 7) is 7.71. The van der Waals surface area contributed by atoms with Gasteiger partial charge in [-0.05, 0) is 31.8 Å². The quantitative estimate of drug-likeness (QED) is 0.545. The van der Waals surface area contributed by atoms with Crippen molar-refractivity contribution in [3.63, 3.8) is 0 Å². The van der Waals surface area contributed by atoms with Crippen LogP contribution in [-0.2, 0) is 9.53 Å². The van der Waals surface area contributed by atoms with Gasteiger partial charge in [0.1, 0.15) is 6.61 Å². The standard InChI is InChI=1S/C12H22O3/c1-9(2)12(14)6-5-10(3)7-8-15-11(4)13/h7,9,12,14H,5-6,8H2,1-4H3/b10-7-/t12-/m1/s1. The van der Waals surface area contributed by atoms with Gasteiger partial charge in [-0.25, -0.2) is 0 Å². The highest BCUT2D eigenvalue weighted by Gasteiger charge is 2.08. The average molecular weight is 214 g/mol. The smallest absolute Gasteiger partial charge is 0.302 e. The molecule has 0 heterocycles. The summed E-state index contributed by atoms with van der Waals surface area (Å²) >= 11 is 0. The number of aliphatic hydroxyl groups excluding tert-OH is 1. The van der Waals surface area contributed by atoms with Crippen LogP contribution in [0.25, 0.3) is 0 Å². The van der Waals surface area contributed by atoms with Gasteiger partial charge in [-0.2, -0.15) is 0 Å². The molecular weight excluding hydrogens is 192 g/mol. The minimum Gasteiger partial charge on any atom is -0.462 e. The zero-order valence-electron chi connectivity index (χ0n) is 10.1. The zero-order chi connectivity index (χ0) is 11.8. The number of carbonyl (C=O) groups excluding carboxylic acids is 1. The van der Waals surface area contributed by atoms with Gasteiger partial charge in [0.25, 0.3) is 0 Å². The number of allylic oxidation sites excluding steroid dienone is 1. The molecule has 0 bridgehead atoms. The Balaban J connectivity index is 3.72. The highest BCUT2D eigenvalue weighted by Crippen LogP contribution is 2.12. The van der Waals surface area contributed by atoms with Crippen LogP contribution < -0.4 is 0 Å². The first-order valence-electron chi connectivity index (χ1n) is 5.40. The Hall–Kier alpha value is -0.830. The first-order valence-corrected chi connectivity index (χ1v) is 5.40. The third-order valence-corrected chi connectivity index (χ3v) is 2.32. The number of rotatable bonds is 6. The van der Waals surface area contributed by atoms with Crippen molar-refractivity contribution in [1.29, 1.82) is 0 Å².